The van der Waals surface area contributed by atoms with Crippen LogP contribution in [0, 0.1) is 5.82 Å². The Kier molecular flexibility index (Phi) is 5.70. The summed E-state index contributed by atoms with van der Waals surface area (Å²) in [5.41, 5.74) is 4.33. The van der Waals surface area contributed by atoms with Crippen molar-refractivity contribution in [2.24, 2.45) is 5.73 Å². The number of carbonyl (C=O) groups is 2. The molecule has 3 rings (SSSR count). The first-order valence-corrected chi connectivity index (χ1v) is 8.52. The topological polar surface area (TPSA) is 99.7 Å². The Morgan fingerprint density at radius 1 is 1.33 bits per heavy atom. The maximum absolute atomic E-state index is 13.0. The number of nitrogens with two attached hydrogens (primary N) is 1. The summed E-state index contributed by atoms with van der Waals surface area (Å²) in [5.74, 6) is -0.640. The van der Waals surface area contributed by atoms with Crippen molar-refractivity contribution in [2.75, 3.05) is 26.3 Å². The van der Waals surface area contributed by atoms with Crippen LogP contribution in [0.15, 0.2) is 42.7 Å². The number of benzene rings is 1. The van der Waals surface area contributed by atoms with Crippen molar-refractivity contribution >= 4 is 11.8 Å². The minimum Gasteiger partial charge on any atom is -0.490 e. The molecule has 2 N–H and O–H groups in total. The third kappa shape index (κ3) is 5.04. The van der Waals surface area contributed by atoms with E-state index >= 15 is 0 Å². The van der Waals surface area contributed by atoms with Gasteiger partial charge < -0.3 is 20.1 Å². The Balaban J connectivity index is 1.69. The number of hydrogen-bond acceptors (Lipinski definition) is 5. The first-order valence-electron chi connectivity index (χ1n) is 8.52. The van der Waals surface area contributed by atoms with Gasteiger partial charge in [-0.3, -0.25) is 14.3 Å². The van der Waals surface area contributed by atoms with E-state index in [4.69, 9.17) is 15.2 Å². The van der Waals surface area contributed by atoms with E-state index in [0.29, 0.717) is 12.3 Å². The molecule has 1 aliphatic heterocycles. The Hall–Kier alpha value is -2.94. The predicted octanol–water partition coefficient (Wildman–Crippen LogP) is 0.574. The van der Waals surface area contributed by atoms with Crippen molar-refractivity contribution in [3.63, 3.8) is 0 Å². The van der Waals surface area contributed by atoms with E-state index in [0.717, 1.165) is 0 Å². The Morgan fingerprint density at radius 3 is 2.78 bits per heavy atom. The zero-order valence-electron chi connectivity index (χ0n) is 14.7. The highest BCUT2D eigenvalue weighted by Gasteiger charge is 2.40. The average Bonchev–Trinajstić information content (AvgIpc) is 3.14. The van der Waals surface area contributed by atoms with E-state index in [1.807, 2.05) is 0 Å². The van der Waals surface area contributed by atoms with Gasteiger partial charge in [-0.05, 0) is 30.3 Å². The van der Waals surface area contributed by atoms with Crippen molar-refractivity contribution in [1.29, 1.82) is 0 Å². The minimum absolute atomic E-state index is 0.00707. The van der Waals surface area contributed by atoms with Gasteiger partial charge in [-0.2, -0.15) is 5.10 Å². The van der Waals surface area contributed by atoms with Crippen LogP contribution in [0.5, 0.6) is 5.75 Å². The number of aromatic nitrogens is 2. The van der Waals surface area contributed by atoms with Crippen LogP contribution < -0.4 is 10.5 Å². The highest BCUT2D eigenvalue weighted by Crippen LogP contribution is 2.24. The fraction of sp³-hybridized carbons (Fsp3) is 0.389. The summed E-state index contributed by atoms with van der Waals surface area (Å²) >= 11 is 0. The van der Waals surface area contributed by atoms with Gasteiger partial charge >= 0.3 is 0 Å². The van der Waals surface area contributed by atoms with Crippen LogP contribution in [-0.2, 0) is 20.9 Å². The monoisotopic (exact) mass is 376 g/mol. The van der Waals surface area contributed by atoms with E-state index in [9.17, 15) is 14.0 Å². The lowest BCUT2D eigenvalue weighted by molar-refractivity contribution is -0.162. The van der Waals surface area contributed by atoms with E-state index in [-0.39, 0.29) is 44.4 Å². The van der Waals surface area contributed by atoms with Crippen LogP contribution in [0.25, 0.3) is 0 Å². The normalized spacial score (nSPS) is 19.7. The lowest BCUT2D eigenvalue weighted by atomic mass is 9.97. The number of rotatable bonds is 7. The van der Waals surface area contributed by atoms with Gasteiger partial charge in [-0.15, -0.1) is 0 Å². The molecule has 2 amide bonds. The fourth-order valence-corrected chi connectivity index (χ4v) is 3.00. The van der Waals surface area contributed by atoms with Crippen LogP contribution in [-0.4, -0.2) is 58.4 Å². The molecule has 0 radical (unpaired) electrons. The summed E-state index contributed by atoms with van der Waals surface area (Å²) in [6.45, 7) is 0.922. The summed E-state index contributed by atoms with van der Waals surface area (Å²) < 4.78 is 26.1. The summed E-state index contributed by atoms with van der Waals surface area (Å²) in [5, 5.41) is 4.03. The molecule has 0 aliphatic carbocycles. The fourth-order valence-electron chi connectivity index (χ4n) is 3.00. The van der Waals surface area contributed by atoms with Crippen molar-refractivity contribution in [3.8, 4) is 5.75 Å². The SMILES string of the molecule is NC(=O)CC1(COc2ccc(F)cc2)CN(C(=O)Cn2cccn2)CCO1. The molecule has 0 bridgehead atoms. The Bertz CT molecular complexity index is 781. The molecule has 8 nitrogen and oxygen atoms in total. The van der Waals surface area contributed by atoms with Crippen molar-refractivity contribution in [2.45, 2.75) is 18.6 Å². The van der Waals surface area contributed by atoms with Crippen molar-refractivity contribution in [1.82, 2.24) is 14.7 Å². The summed E-state index contributed by atoms with van der Waals surface area (Å²) in [6, 6.07) is 7.25. The highest BCUT2D eigenvalue weighted by atomic mass is 19.1. The molecule has 1 aliphatic rings. The summed E-state index contributed by atoms with van der Waals surface area (Å²) in [7, 11) is 0. The zero-order chi connectivity index (χ0) is 19.3. The third-order valence-electron chi connectivity index (χ3n) is 4.27. The zero-order valence-corrected chi connectivity index (χ0v) is 14.7. The first kappa shape index (κ1) is 18.8. The molecule has 1 saturated heterocycles. The average molecular weight is 376 g/mol. The lowest BCUT2D eigenvalue weighted by Crippen LogP contribution is -2.58. The molecule has 1 atom stereocenters. The number of ether oxygens (including phenoxy) is 2. The molecule has 1 aromatic carbocycles. The molecule has 144 valence electrons. The number of nitrogens with zero attached hydrogens (tertiary/aromatic N) is 3. The molecule has 0 saturated carbocycles. The maximum Gasteiger partial charge on any atom is 0.244 e. The second-order valence-corrected chi connectivity index (χ2v) is 6.44. The number of hydrogen-bond donors (Lipinski definition) is 1. The molecule has 0 spiro atoms. The highest BCUT2D eigenvalue weighted by molar-refractivity contribution is 5.77. The van der Waals surface area contributed by atoms with Crippen LogP contribution in [0.4, 0.5) is 4.39 Å². The molecular weight excluding hydrogens is 355 g/mol. The van der Waals surface area contributed by atoms with Gasteiger partial charge in [0.25, 0.3) is 0 Å². The smallest absolute Gasteiger partial charge is 0.244 e. The van der Waals surface area contributed by atoms with Crippen molar-refractivity contribution < 1.29 is 23.5 Å². The van der Waals surface area contributed by atoms with Gasteiger partial charge in [0.15, 0.2) is 0 Å². The van der Waals surface area contributed by atoms with Gasteiger partial charge in [0.1, 0.15) is 30.3 Å². The Labute approximate surface area is 155 Å². The molecule has 1 aromatic heterocycles. The van der Waals surface area contributed by atoms with E-state index < -0.39 is 11.5 Å². The second kappa shape index (κ2) is 8.17. The predicted molar refractivity (Wildman–Crippen MR) is 93.2 cm³/mol. The van der Waals surface area contributed by atoms with Gasteiger partial charge in [-0.1, -0.05) is 0 Å². The van der Waals surface area contributed by atoms with Crippen molar-refractivity contribution in [3.05, 3.63) is 48.5 Å². The number of amides is 2. The molecule has 1 fully saturated rings. The minimum atomic E-state index is -1.06. The van der Waals surface area contributed by atoms with Crippen LogP contribution in [0.3, 0.4) is 0 Å². The Morgan fingerprint density at radius 2 is 2.11 bits per heavy atom. The largest absolute Gasteiger partial charge is 0.490 e. The molecule has 2 heterocycles. The molecule has 1 unspecified atom stereocenters. The quantitative estimate of drug-likeness (QED) is 0.762. The van der Waals surface area contributed by atoms with Gasteiger partial charge in [0, 0.05) is 18.9 Å². The number of morpholine rings is 1. The number of halogens is 1. The number of carbonyl (C=O) groups excluding carboxylic acids is 2. The molecule has 2 aromatic rings. The van der Waals surface area contributed by atoms with E-state index in [1.165, 1.54) is 28.9 Å². The third-order valence-corrected chi connectivity index (χ3v) is 4.27. The molecule has 9 heteroatoms. The summed E-state index contributed by atoms with van der Waals surface area (Å²) in [6.07, 6.45) is 3.20. The molecule has 27 heavy (non-hydrogen) atoms. The van der Waals surface area contributed by atoms with Crippen LogP contribution in [0.2, 0.25) is 0 Å². The second-order valence-electron chi connectivity index (χ2n) is 6.44. The van der Waals surface area contributed by atoms with E-state index in [2.05, 4.69) is 5.10 Å². The van der Waals surface area contributed by atoms with Gasteiger partial charge in [0.2, 0.25) is 11.8 Å². The molecular formula is C18H21FN4O4. The lowest BCUT2D eigenvalue weighted by Gasteiger charge is -2.41. The van der Waals surface area contributed by atoms with Gasteiger partial charge in [0.05, 0.1) is 19.6 Å². The van der Waals surface area contributed by atoms with Crippen LogP contribution >= 0.6 is 0 Å². The van der Waals surface area contributed by atoms with Gasteiger partial charge in [-0.25, -0.2) is 4.39 Å². The summed E-state index contributed by atoms with van der Waals surface area (Å²) in [4.78, 5) is 25.8. The number of primary amides is 1. The maximum atomic E-state index is 13.0. The first-order chi connectivity index (χ1) is 13.0. The standard InChI is InChI=1S/C18H21FN4O4/c19-14-2-4-15(5-3-14)26-13-18(10-16(20)24)12-22(8-9-27-18)17(25)11-23-7-1-6-21-23/h1-7H,8-13H2,(H2,20,24). The van der Waals surface area contributed by atoms with Crippen LogP contribution in [0.1, 0.15) is 6.42 Å². The van der Waals surface area contributed by atoms with E-state index in [1.54, 1.807) is 23.4 Å².